The molecule has 1 spiro atoms. The molecule has 2 amide bonds. The Morgan fingerprint density at radius 2 is 1.76 bits per heavy atom. The summed E-state index contributed by atoms with van der Waals surface area (Å²) in [5.41, 5.74) is 6.75. The summed E-state index contributed by atoms with van der Waals surface area (Å²) in [5, 5.41) is 3.71. The van der Waals surface area contributed by atoms with E-state index in [9.17, 15) is 4.79 Å². The number of rotatable bonds is 3. The monoisotopic (exact) mass is 411 g/mol. The molecule has 5 nitrogen and oxygen atoms in total. The van der Waals surface area contributed by atoms with E-state index in [1.165, 1.54) is 5.56 Å². The van der Waals surface area contributed by atoms with Crippen LogP contribution in [0.4, 0.5) is 10.5 Å². The largest absolute Gasteiger partial charge is 0.324 e. The molecule has 0 bridgehead atoms. The summed E-state index contributed by atoms with van der Waals surface area (Å²) in [6.45, 7) is 5.60. The van der Waals surface area contributed by atoms with E-state index < -0.39 is 0 Å². The first-order valence-corrected chi connectivity index (χ1v) is 10.4. The van der Waals surface area contributed by atoms with Gasteiger partial charge in [0.05, 0.1) is 5.70 Å². The second-order valence-corrected chi connectivity index (χ2v) is 8.46. The maximum atomic E-state index is 12.6. The minimum atomic E-state index is -0.370. The van der Waals surface area contributed by atoms with Gasteiger partial charge in [-0.25, -0.2) is 4.79 Å². The van der Waals surface area contributed by atoms with Crippen LogP contribution in [0.25, 0.3) is 5.70 Å². The van der Waals surface area contributed by atoms with Crippen LogP contribution in [-0.2, 0) is 4.84 Å². The van der Waals surface area contributed by atoms with E-state index in [1.54, 1.807) is 0 Å². The SMILES string of the molecule is CC(C)c1ccc(NC(=O)N2CCC3(C=C(c4ccc(Cl)cc4)NO3)CC2)cc1. The van der Waals surface area contributed by atoms with E-state index in [4.69, 9.17) is 16.4 Å². The quantitative estimate of drug-likeness (QED) is 0.710. The molecule has 2 aromatic rings. The fraction of sp³-hybridized carbons (Fsp3) is 0.348. The summed E-state index contributed by atoms with van der Waals surface area (Å²) in [6, 6.07) is 15.7. The predicted molar refractivity (Wildman–Crippen MR) is 117 cm³/mol. The lowest BCUT2D eigenvalue weighted by molar-refractivity contribution is -0.0634. The first-order chi connectivity index (χ1) is 13.9. The van der Waals surface area contributed by atoms with E-state index in [2.05, 4.69) is 42.9 Å². The van der Waals surface area contributed by atoms with Gasteiger partial charge in [0.1, 0.15) is 5.60 Å². The summed E-state index contributed by atoms with van der Waals surface area (Å²) >= 11 is 5.97. The fourth-order valence-corrected chi connectivity index (χ4v) is 3.86. The Hall–Kier alpha value is -2.50. The van der Waals surface area contributed by atoms with Gasteiger partial charge in [0.2, 0.25) is 0 Å². The van der Waals surface area contributed by atoms with E-state index in [-0.39, 0.29) is 11.6 Å². The molecule has 0 saturated carbocycles. The normalized spacial score (nSPS) is 17.9. The van der Waals surface area contributed by atoms with Crippen molar-refractivity contribution in [3.63, 3.8) is 0 Å². The fourth-order valence-electron chi connectivity index (χ4n) is 3.74. The minimum Gasteiger partial charge on any atom is -0.324 e. The van der Waals surface area contributed by atoms with Gasteiger partial charge < -0.3 is 10.2 Å². The topological polar surface area (TPSA) is 53.6 Å². The zero-order chi connectivity index (χ0) is 20.4. The van der Waals surface area contributed by atoms with Gasteiger partial charge in [-0.05, 0) is 47.4 Å². The highest BCUT2D eigenvalue weighted by Crippen LogP contribution is 2.35. The molecule has 0 aromatic heterocycles. The molecule has 2 aromatic carbocycles. The number of carbonyl (C=O) groups excluding carboxylic acids is 1. The first kappa shape index (κ1) is 19.8. The molecule has 0 radical (unpaired) electrons. The van der Waals surface area contributed by atoms with Crippen LogP contribution in [-0.4, -0.2) is 29.6 Å². The second kappa shape index (κ2) is 8.09. The molecule has 29 heavy (non-hydrogen) atoms. The minimum absolute atomic E-state index is 0.0648. The van der Waals surface area contributed by atoms with Crippen LogP contribution >= 0.6 is 11.6 Å². The van der Waals surface area contributed by atoms with Crippen LogP contribution in [0.3, 0.4) is 0 Å². The molecular weight excluding hydrogens is 386 g/mol. The Bertz CT molecular complexity index is 899. The smallest absolute Gasteiger partial charge is 0.321 e. The van der Waals surface area contributed by atoms with Gasteiger partial charge in [-0.1, -0.05) is 49.7 Å². The number of nitrogens with one attached hydrogen (secondary N) is 2. The molecule has 2 aliphatic heterocycles. The summed E-state index contributed by atoms with van der Waals surface area (Å²) in [6.07, 6.45) is 3.63. The van der Waals surface area contributed by atoms with Crippen molar-refractivity contribution in [2.45, 2.75) is 38.2 Å². The third-order valence-electron chi connectivity index (χ3n) is 5.65. The number of hydroxylamine groups is 1. The lowest BCUT2D eigenvalue weighted by Crippen LogP contribution is -2.48. The number of urea groups is 1. The number of benzene rings is 2. The zero-order valence-corrected chi connectivity index (χ0v) is 17.5. The number of hydrogen-bond acceptors (Lipinski definition) is 3. The number of amides is 2. The standard InChI is InChI=1S/C23H26ClN3O2/c1-16(2)17-5-9-20(10-6-17)25-22(28)27-13-11-23(12-14-27)15-21(26-29-23)18-3-7-19(24)8-4-18/h3-10,15-16,26H,11-14H2,1-2H3,(H,25,28). The van der Waals surface area contributed by atoms with E-state index in [0.717, 1.165) is 29.8 Å². The third-order valence-corrected chi connectivity index (χ3v) is 5.90. The van der Waals surface area contributed by atoms with Crippen LogP contribution in [0.15, 0.2) is 54.6 Å². The van der Waals surface area contributed by atoms with Gasteiger partial charge in [0, 0.05) is 36.6 Å². The van der Waals surface area contributed by atoms with Crippen molar-refractivity contribution >= 4 is 29.0 Å². The van der Waals surface area contributed by atoms with Crippen molar-refractivity contribution in [2.24, 2.45) is 0 Å². The Labute approximate surface area is 176 Å². The molecular formula is C23H26ClN3O2. The van der Waals surface area contributed by atoms with Crippen LogP contribution in [0.5, 0.6) is 0 Å². The summed E-state index contributed by atoms with van der Waals surface area (Å²) in [7, 11) is 0. The molecule has 1 saturated heterocycles. The highest BCUT2D eigenvalue weighted by molar-refractivity contribution is 6.30. The van der Waals surface area contributed by atoms with Crippen LogP contribution in [0.1, 0.15) is 43.7 Å². The Balaban J connectivity index is 1.35. The Kier molecular flexibility index (Phi) is 5.52. The lowest BCUT2D eigenvalue weighted by Gasteiger charge is -2.36. The number of anilines is 1. The van der Waals surface area contributed by atoms with E-state index in [0.29, 0.717) is 24.0 Å². The highest BCUT2D eigenvalue weighted by atomic mass is 35.5. The summed E-state index contributed by atoms with van der Waals surface area (Å²) in [5.74, 6) is 0.476. The molecule has 0 aliphatic carbocycles. The van der Waals surface area contributed by atoms with Gasteiger partial charge in [-0.3, -0.25) is 10.3 Å². The maximum absolute atomic E-state index is 12.6. The Morgan fingerprint density at radius 1 is 1.10 bits per heavy atom. The van der Waals surface area contributed by atoms with E-state index in [1.807, 2.05) is 41.3 Å². The van der Waals surface area contributed by atoms with Gasteiger partial charge in [0.25, 0.3) is 0 Å². The van der Waals surface area contributed by atoms with Crippen molar-refractivity contribution in [1.82, 2.24) is 10.4 Å². The molecule has 2 aliphatic rings. The Morgan fingerprint density at radius 3 is 2.38 bits per heavy atom. The third kappa shape index (κ3) is 4.41. The molecule has 2 N–H and O–H groups in total. The number of piperidine rings is 1. The van der Waals surface area contributed by atoms with Crippen molar-refractivity contribution in [3.8, 4) is 0 Å². The number of halogens is 1. The van der Waals surface area contributed by atoms with Crippen LogP contribution < -0.4 is 10.8 Å². The second-order valence-electron chi connectivity index (χ2n) is 8.03. The molecule has 2 heterocycles. The van der Waals surface area contributed by atoms with Gasteiger partial charge in [-0.15, -0.1) is 0 Å². The average Bonchev–Trinajstić information content (AvgIpc) is 3.13. The molecule has 4 rings (SSSR count). The van der Waals surface area contributed by atoms with Gasteiger partial charge in [-0.2, -0.15) is 0 Å². The van der Waals surface area contributed by atoms with Crippen molar-refractivity contribution in [2.75, 3.05) is 18.4 Å². The van der Waals surface area contributed by atoms with Gasteiger partial charge in [0.15, 0.2) is 0 Å². The summed E-state index contributed by atoms with van der Waals surface area (Å²) in [4.78, 5) is 20.4. The van der Waals surface area contributed by atoms with Gasteiger partial charge >= 0.3 is 6.03 Å². The number of carbonyl (C=O) groups is 1. The molecule has 6 heteroatoms. The van der Waals surface area contributed by atoms with Crippen LogP contribution in [0, 0.1) is 0 Å². The summed E-state index contributed by atoms with van der Waals surface area (Å²) < 4.78 is 0. The van der Waals surface area contributed by atoms with Crippen molar-refractivity contribution in [3.05, 3.63) is 70.8 Å². The van der Waals surface area contributed by atoms with E-state index >= 15 is 0 Å². The maximum Gasteiger partial charge on any atom is 0.321 e. The first-order valence-electron chi connectivity index (χ1n) is 10.0. The van der Waals surface area contributed by atoms with Crippen LogP contribution in [0.2, 0.25) is 5.02 Å². The molecule has 0 atom stereocenters. The number of hydrogen-bond donors (Lipinski definition) is 2. The molecule has 152 valence electrons. The zero-order valence-electron chi connectivity index (χ0n) is 16.7. The van der Waals surface area contributed by atoms with Crippen molar-refractivity contribution in [1.29, 1.82) is 0 Å². The average molecular weight is 412 g/mol. The molecule has 0 unspecified atom stereocenters. The predicted octanol–water partition coefficient (Wildman–Crippen LogP) is 5.41. The number of nitrogens with zero attached hydrogens (tertiary/aromatic N) is 1. The highest BCUT2D eigenvalue weighted by Gasteiger charge is 2.39. The van der Waals surface area contributed by atoms with Crippen molar-refractivity contribution < 1.29 is 9.63 Å². The number of likely N-dealkylation sites (tertiary alicyclic amines) is 1. The molecule has 1 fully saturated rings. The lowest BCUT2D eigenvalue weighted by atomic mass is 9.90.